The van der Waals surface area contributed by atoms with Gasteiger partial charge >= 0.3 is 0 Å². The highest BCUT2D eigenvalue weighted by molar-refractivity contribution is 5.93. The van der Waals surface area contributed by atoms with Crippen LogP contribution in [0.15, 0.2) is 36.4 Å². The fourth-order valence-electron chi connectivity index (χ4n) is 2.86. The lowest BCUT2D eigenvalue weighted by Crippen LogP contribution is -3.11. The molecule has 162 valence electrons. The van der Waals surface area contributed by atoms with Crippen molar-refractivity contribution in [3.63, 3.8) is 0 Å². The Bertz CT molecular complexity index is 889. The van der Waals surface area contributed by atoms with Crippen LogP contribution in [0.2, 0.25) is 0 Å². The van der Waals surface area contributed by atoms with Crippen LogP contribution in [0.25, 0.3) is 0 Å². The molecule has 8 heteroatoms. The van der Waals surface area contributed by atoms with Gasteiger partial charge in [0.15, 0.2) is 24.6 Å². The molecule has 0 spiro atoms. The number of nitrogens with one attached hydrogen (secondary N) is 3. The minimum atomic E-state index is -0.487. The summed E-state index contributed by atoms with van der Waals surface area (Å²) < 4.78 is 24.9. The highest BCUT2D eigenvalue weighted by Crippen LogP contribution is 2.30. The molecule has 0 aliphatic heterocycles. The minimum Gasteiger partial charge on any atom is -0.490 e. The average molecular weight is 418 g/mol. The first-order chi connectivity index (χ1) is 14.3. The van der Waals surface area contributed by atoms with Gasteiger partial charge in [-0.2, -0.15) is 0 Å². The molecule has 0 radical (unpaired) electrons. The minimum absolute atomic E-state index is 0.0220. The molecule has 0 heterocycles. The summed E-state index contributed by atoms with van der Waals surface area (Å²) in [5.41, 5.74) is 1.47. The quantitative estimate of drug-likeness (QED) is 0.552. The molecule has 0 saturated carbocycles. The number of carbonyl (C=O) groups is 2. The third-order valence-corrected chi connectivity index (χ3v) is 4.15. The smallest absolute Gasteiger partial charge is 0.279 e. The zero-order valence-corrected chi connectivity index (χ0v) is 17.8. The van der Waals surface area contributed by atoms with Crippen molar-refractivity contribution in [2.45, 2.75) is 20.8 Å². The molecule has 1 atom stereocenters. The lowest BCUT2D eigenvalue weighted by atomic mass is 10.2. The van der Waals surface area contributed by atoms with Crippen LogP contribution in [0.3, 0.4) is 0 Å². The molecule has 1 unspecified atom stereocenters. The number of ether oxygens (including phenoxy) is 2. The van der Waals surface area contributed by atoms with E-state index >= 15 is 0 Å². The Kier molecular flexibility index (Phi) is 8.61. The maximum atomic E-state index is 13.9. The molecule has 2 amide bonds. The van der Waals surface area contributed by atoms with E-state index in [0.29, 0.717) is 35.3 Å². The number of hydrogen-bond donors (Lipinski definition) is 3. The molecule has 0 aliphatic carbocycles. The van der Waals surface area contributed by atoms with Crippen molar-refractivity contribution >= 4 is 23.2 Å². The van der Waals surface area contributed by atoms with Gasteiger partial charge in [0.05, 0.1) is 25.9 Å². The number of anilines is 2. The molecular formula is C22H29FN3O4+. The first kappa shape index (κ1) is 23.2. The standard InChI is InChI=1S/C22H28FN3O4/c1-5-29-19-10-8-16(12-20(19)30-6-2)24-21(27)13-26(4)14-22(28)25-18-9-7-15(3)11-17(18)23/h7-12H,5-6,13-14H2,1-4H3,(H,24,27)(H,25,28)/p+1. The Morgan fingerprint density at radius 1 is 0.933 bits per heavy atom. The number of halogens is 1. The third kappa shape index (κ3) is 7.04. The Morgan fingerprint density at radius 2 is 1.57 bits per heavy atom. The van der Waals surface area contributed by atoms with Gasteiger partial charge in [-0.1, -0.05) is 6.07 Å². The third-order valence-electron chi connectivity index (χ3n) is 4.15. The van der Waals surface area contributed by atoms with Crippen molar-refractivity contribution in [1.82, 2.24) is 0 Å². The number of amides is 2. The predicted molar refractivity (Wildman–Crippen MR) is 114 cm³/mol. The number of rotatable bonds is 10. The molecule has 3 N–H and O–H groups in total. The zero-order chi connectivity index (χ0) is 22.1. The first-order valence-electron chi connectivity index (χ1n) is 9.89. The number of likely N-dealkylation sites (N-methyl/N-ethyl adjacent to an activating group) is 1. The lowest BCUT2D eigenvalue weighted by molar-refractivity contribution is -0.862. The van der Waals surface area contributed by atoms with Crippen LogP contribution in [-0.4, -0.2) is 45.2 Å². The lowest BCUT2D eigenvalue weighted by Gasteiger charge is -2.15. The van der Waals surface area contributed by atoms with Crippen molar-refractivity contribution in [1.29, 1.82) is 0 Å². The van der Waals surface area contributed by atoms with E-state index < -0.39 is 5.82 Å². The zero-order valence-electron chi connectivity index (χ0n) is 17.8. The molecular weight excluding hydrogens is 389 g/mol. The van der Waals surface area contributed by atoms with Gasteiger partial charge in [0, 0.05) is 11.8 Å². The normalized spacial score (nSPS) is 11.5. The second kappa shape index (κ2) is 11.2. The first-order valence-corrected chi connectivity index (χ1v) is 9.89. The summed E-state index contributed by atoms with van der Waals surface area (Å²) in [5.74, 6) is 0.0491. The number of aryl methyl sites for hydroxylation is 1. The van der Waals surface area contributed by atoms with Gasteiger partial charge in [-0.25, -0.2) is 4.39 Å². The average Bonchev–Trinajstić information content (AvgIpc) is 2.66. The fourth-order valence-corrected chi connectivity index (χ4v) is 2.86. The van der Waals surface area contributed by atoms with Crippen molar-refractivity contribution < 1.29 is 28.4 Å². The second-order valence-corrected chi connectivity index (χ2v) is 6.92. The van der Waals surface area contributed by atoms with Crippen molar-refractivity contribution in [2.24, 2.45) is 0 Å². The maximum Gasteiger partial charge on any atom is 0.279 e. The van der Waals surface area contributed by atoms with Crippen LogP contribution >= 0.6 is 0 Å². The van der Waals surface area contributed by atoms with E-state index in [1.54, 1.807) is 38.2 Å². The second-order valence-electron chi connectivity index (χ2n) is 6.92. The van der Waals surface area contributed by atoms with Gasteiger partial charge in [-0.3, -0.25) is 9.59 Å². The number of benzene rings is 2. The van der Waals surface area contributed by atoms with Gasteiger partial charge in [-0.05, 0) is 50.6 Å². The maximum absolute atomic E-state index is 13.9. The van der Waals surface area contributed by atoms with Crippen LogP contribution in [0.4, 0.5) is 15.8 Å². The van der Waals surface area contributed by atoms with E-state index in [0.717, 1.165) is 5.56 Å². The van der Waals surface area contributed by atoms with Gasteiger partial charge in [0.2, 0.25) is 0 Å². The summed E-state index contributed by atoms with van der Waals surface area (Å²) in [6.07, 6.45) is 0. The molecule has 30 heavy (non-hydrogen) atoms. The fraction of sp³-hybridized carbons (Fsp3) is 0.364. The van der Waals surface area contributed by atoms with Crippen LogP contribution < -0.4 is 25.0 Å². The molecule has 0 bridgehead atoms. The van der Waals surface area contributed by atoms with E-state index in [1.807, 2.05) is 13.8 Å². The number of carbonyl (C=O) groups excluding carboxylic acids is 2. The van der Waals surface area contributed by atoms with Crippen molar-refractivity contribution in [2.75, 3.05) is 44.0 Å². The van der Waals surface area contributed by atoms with E-state index in [4.69, 9.17) is 9.47 Å². The topological polar surface area (TPSA) is 81.1 Å². The van der Waals surface area contributed by atoms with E-state index in [1.165, 1.54) is 12.1 Å². The van der Waals surface area contributed by atoms with Gasteiger partial charge < -0.3 is 25.0 Å². The summed E-state index contributed by atoms with van der Waals surface area (Å²) in [6, 6.07) is 9.77. The Labute approximate surface area is 176 Å². The van der Waals surface area contributed by atoms with E-state index in [2.05, 4.69) is 10.6 Å². The highest BCUT2D eigenvalue weighted by atomic mass is 19.1. The van der Waals surface area contributed by atoms with Gasteiger partial charge in [-0.15, -0.1) is 0 Å². The molecule has 2 rings (SSSR count). The van der Waals surface area contributed by atoms with Crippen molar-refractivity contribution in [3.8, 4) is 11.5 Å². The number of hydrogen-bond acceptors (Lipinski definition) is 4. The summed E-state index contributed by atoms with van der Waals surface area (Å²) >= 11 is 0. The molecule has 0 aromatic heterocycles. The highest BCUT2D eigenvalue weighted by Gasteiger charge is 2.16. The monoisotopic (exact) mass is 418 g/mol. The summed E-state index contributed by atoms with van der Waals surface area (Å²) in [6.45, 7) is 6.60. The molecule has 0 aliphatic rings. The van der Waals surface area contributed by atoms with Crippen LogP contribution in [0.1, 0.15) is 19.4 Å². The van der Waals surface area contributed by atoms with Crippen molar-refractivity contribution in [3.05, 3.63) is 47.8 Å². The SMILES string of the molecule is CCOc1ccc(NC(=O)C[NH+](C)CC(=O)Nc2ccc(C)cc2F)cc1OCC. The summed E-state index contributed by atoms with van der Waals surface area (Å²) in [4.78, 5) is 25.2. The summed E-state index contributed by atoms with van der Waals surface area (Å²) in [7, 11) is 1.72. The Morgan fingerprint density at radius 3 is 2.20 bits per heavy atom. The molecule has 2 aromatic carbocycles. The summed E-state index contributed by atoms with van der Waals surface area (Å²) in [5, 5.41) is 5.33. The van der Waals surface area contributed by atoms with Crippen LogP contribution in [0.5, 0.6) is 11.5 Å². The number of quaternary nitrogens is 1. The van der Waals surface area contributed by atoms with Gasteiger partial charge in [0.1, 0.15) is 5.82 Å². The van der Waals surface area contributed by atoms with E-state index in [-0.39, 0.29) is 30.6 Å². The van der Waals surface area contributed by atoms with Gasteiger partial charge in [0.25, 0.3) is 11.8 Å². The Balaban J connectivity index is 1.89. The Hall–Kier alpha value is -3.13. The van der Waals surface area contributed by atoms with Crippen LogP contribution in [0, 0.1) is 12.7 Å². The van der Waals surface area contributed by atoms with E-state index in [9.17, 15) is 14.0 Å². The molecule has 7 nitrogen and oxygen atoms in total. The molecule has 2 aromatic rings. The predicted octanol–water partition coefficient (Wildman–Crippen LogP) is 2.02. The molecule has 0 saturated heterocycles. The molecule has 0 fully saturated rings. The van der Waals surface area contributed by atoms with Crippen LogP contribution in [-0.2, 0) is 9.59 Å². The largest absolute Gasteiger partial charge is 0.490 e.